The maximum atomic E-state index is 11.6. The Balaban J connectivity index is 3.52. The quantitative estimate of drug-likeness (QED) is 0.404. The van der Waals surface area contributed by atoms with Crippen LogP contribution in [0, 0.1) is 0 Å². The van der Waals surface area contributed by atoms with E-state index in [1.54, 1.807) is 20.8 Å². The number of hydrogen-bond acceptors (Lipinski definition) is 3. The molecule has 0 aromatic carbocycles. The first kappa shape index (κ1) is 14.1. The van der Waals surface area contributed by atoms with E-state index in [-0.39, 0.29) is 19.0 Å². The van der Waals surface area contributed by atoms with Crippen LogP contribution >= 0.6 is 0 Å². The van der Waals surface area contributed by atoms with Gasteiger partial charge in [-0.05, 0) is 27.2 Å². The average Bonchev–Trinajstić information content (AvgIpc) is 1.99. The molecule has 0 aromatic heterocycles. The summed E-state index contributed by atoms with van der Waals surface area (Å²) in [4.78, 5) is 11.1. The average molecular weight is 221 g/mol. The number of rotatable bonds is 5. The Morgan fingerprint density at radius 2 is 2.00 bits per heavy atom. The smallest absolute Gasteiger partial charge is 0.306 e. The topological polar surface area (TPSA) is 35.5 Å². The molecule has 0 bridgehead atoms. The third kappa shape index (κ3) is 11.0. The maximum Gasteiger partial charge on any atom is 0.306 e. The van der Waals surface area contributed by atoms with Crippen molar-refractivity contribution in [2.24, 2.45) is 0 Å². The van der Waals surface area contributed by atoms with Crippen LogP contribution in [-0.4, -0.2) is 31.2 Å². The van der Waals surface area contributed by atoms with Crippen molar-refractivity contribution >= 4 is 19.0 Å². The fourth-order valence-corrected chi connectivity index (χ4v) is 0.833. The predicted molar refractivity (Wildman–Crippen MR) is 55.1 cm³/mol. The number of halogens is 2. The first-order valence-corrected chi connectivity index (χ1v) is 4.76. The van der Waals surface area contributed by atoms with Crippen LogP contribution in [0.5, 0.6) is 0 Å². The Morgan fingerprint density at radius 3 is 2.47 bits per heavy atom. The van der Waals surface area contributed by atoms with Crippen molar-refractivity contribution in [3.63, 3.8) is 0 Å². The van der Waals surface area contributed by atoms with Crippen molar-refractivity contribution in [1.29, 1.82) is 0 Å². The fourth-order valence-electron chi connectivity index (χ4n) is 0.833. The van der Waals surface area contributed by atoms with Gasteiger partial charge in [-0.3, -0.25) is 4.79 Å². The minimum absolute atomic E-state index is 0.101. The van der Waals surface area contributed by atoms with Gasteiger partial charge in [-0.25, -0.2) is 0 Å². The van der Waals surface area contributed by atoms with E-state index >= 15 is 0 Å². The van der Waals surface area contributed by atoms with Crippen LogP contribution in [0.1, 0.15) is 33.6 Å². The van der Waals surface area contributed by atoms with Gasteiger partial charge in [0.1, 0.15) is 5.60 Å². The Bertz CT molecular complexity index is 232. The molecule has 0 saturated heterocycles. The highest BCUT2D eigenvalue weighted by Crippen LogP contribution is 2.08. The van der Waals surface area contributed by atoms with Gasteiger partial charge >= 0.3 is 5.97 Å². The van der Waals surface area contributed by atoms with Crippen LogP contribution < -0.4 is 0 Å². The van der Waals surface area contributed by atoms with Crippen LogP contribution in [0.4, 0.5) is 8.63 Å². The minimum Gasteiger partial charge on any atom is -0.541 e. The highest BCUT2D eigenvalue weighted by molar-refractivity contribution is 6.51. The molecular formula is C9H16BF2O3-. The van der Waals surface area contributed by atoms with Gasteiger partial charge < -0.3 is 18.1 Å². The van der Waals surface area contributed by atoms with Gasteiger partial charge in [0.05, 0.1) is 6.61 Å². The molecule has 88 valence electrons. The molecule has 0 spiro atoms. The lowest BCUT2D eigenvalue weighted by Crippen LogP contribution is -2.23. The summed E-state index contributed by atoms with van der Waals surface area (Å²) >= 11 is 0. The monoisotopic (exact) mass is 221 g/mol. The zero-order chi connectivity index (χ0) is 11.9. The first-order chi connectivity index (χ1) is 6.81. The molecule has 0 saturated carbocycles. The van der Waals surface area contributed by atoms with Gasteiger partial charge in [0, 0.05) is 6.42 Å². The Hall–Kier alpha value is -0.935. The van der Waals surface area contributed by atoms with E-state index < -0.39 is 12.5 Å². The SMILES string of the molecule is CC(C)(C)OC(=O)CCCOC=[B-](F)F. The van der Waals surface area contributed by atoms with Crippen LogP contribution in [0.3, 0.4) is 0 Å². The second kappa shape index (κ2) is 6.53. The van der Waals surface area contributed by atoms with Crippen LogP contribution in [0.15, 0.2) is 0 Å². The van der Waals surface area contributed by atoms with Crippen molar-refractivity contribution in [2.45, 2.75) is 39.2 Å². The molecule has 0 unspecified atom stereocenters. The second-order valence-electron chi connectivity index (χ2n) is 4.03. The number of carbonyl (C=O) groups excluding carboxylic acids is 1. The lowest BCUT2D eigenvalue weighted by Gasteiger charge is -2.19. The summed E-state index contributed by atoms with van der Waals surface area (Å²) in [5.74, 6) is -0.344. The zero-order valence-corrected chi connectivity index (χ0v) is 9.26. The second-order valence-corrected chi connectivity index (χ2v) is 4.03. The normalized spacial score (nSPS) is 10.7. The predicted octanol–water partition coefficient (Wildman–Crippen LogP) is 1.89. The molecule has 0 aliphatic carbocycles. The van der Waals surface area contributed by atoms with Crippen molar-refractivity contribution in [3.8, 4) is 0 Å². The first-order valence-electron chi connectivity index (χ1n) is 4.76. The molecule has 0 fully saturated rings. The van der Waals surface area contributed by atoms with E-state index in [1.807, 2.05) is 0 Å². The molecule has 3 nitrogen and oxygen atoms in total. The van der Waals surface area contributed by atoms with Crippen molar-refractivity contribution < 1.29 is 22.9 Å². The third-order valence-corrected chi connectivity index (χ3v) is 1.26. The minimum atomic E-state index is -2.58. The molecule has 0 aromatic rings. The van der Waals surface area contributed by atoms with E-state index in [2.05, 4.69) is 4.74 Å². The lowest BCUT2D eigenvalue weighted by atomic mass is 10.2. The molecule has 0 radical (unpaired) electrons. The summed E-state index contributed by atoms with van der Waals surface area (Å²) in [7, 11) is 0. The Labute approximate surface area is 88.6 Å². The van der Waals surface area contributed by atoms with Gasteiger partial charge in [-0.1, -0.05) is 6.15 Å². The number of ether oxygens (including phenoxy) is 2. The van der Waals surface area contributed by atoms with Gasteiger partial charge in [0.2, 0.25) is 6.91 Å². The number of carbonyl (C=O) groups is 1. The van der Waals surface area contributed by atoms with E-state index in [4.69, 9.17) is 4.74 Å². The summed E-state index contributed by atoms with van der Waals surface area (Å²) in [5.41, 5.74) is -0.507. The molecule has 0 atom stereocenters. The number of hydrogen-bond donors (Lipinski definition) is 0. The standard InChI is InChI=1S/C9H16BF2O3/c1-9(2,3)15-8(13)5-4-6-14-7-10(11)12/h7H,4-6H2,1-3H3/q-1. The van der Waals surface area contributed by atoms with Crippen molar-refractivity contribution in [2.75, 3.05) is 6.61 Å². The summed E-state index contributed by atoms with van der Waals surface area (Å²) < 4.78 is 32.6. The molecule has 0 amide bonds. The highest BCUT2D eigenvalue weighted by atomic mass is 19.2. The highest BCUT2D eigenvalue weighted by Gasteiger charge is 2.15. The third-order valence-electron chi connectivity index (χ3n) is 1.26. The van der Waals surface area contributed by atoms with E-state index in [0.29, 0.717) is 12.6 Å². The summed E-state index contributed by atoms with van der Waals surface area (Å²) in [6, 6.07) is 0. The number of esters is 1. The van der Waals surface area contributed by atoms with Gasteiger partial charge in [-0.2, -0.15) is 0 Å². The summed E-state index contributed by atoms with van der Waals surface area (Å²) in [6.07, 6.45) is 1.00. The van der Waals surface area contributed by atoms with E-state index in [0.717, 1.165) is 0 Å². The molecule has 0 rings (SSSR count). The molecule has 0 aliphatic rings. The molecule has 6 heteroatoms. The molecule has 15 heavy (non-hydrogen) atoms. The lowest BCUT2D eigenvalue weighted by molar-refractivity contribution is -0.155. The van der Waals surface area contributed by atoms with Gasteiger partial charge in [0.25, 0.3) is 0 Å². The Kier molecular flexibility index (Phi) is 6.12. The van der Waals surface area contributed by atoms with E-state index in [9.17, 15) is 13.4 Å². The maximum absolute atomic E-state index is 11.6. The van der Waals surface area contributed by atoms with Crippen molar-refractivity contribution in [3.05, 3.63) is 0 Å². The zero-order valence-electron chi connectivity index (χ0n) is 9.26. The molecule has 0 N–H and O–H groups in total. The van der Waals surface area contributed by atoms with E-state index in [1.165, 1.54) is 0 Å². The van der Waals surface area contributed by atoms with Crippen LogP contribution in [-0.2, 0) is 14.3 Å². The molecule has 0 aliphatic heterocycles. The summed E-state index contributed by atoms with van der Waals surface area (Å²) in [6.45, 7) is 2.83. The molecular weight excluding hydrogens is 205 g/mol. The fraction of sp³-hybridized carbons (Fsp3) is 0.778. The largest absolute Gasteiger partial charge is 0.541 e. The Morgan fingerprint density at radius 1 is 1.40 bits per heavy atom. The molecule has 0 heterocycles. The van der Waals surface area contributed by atoms with Crippen molar-refractivity contribution in [1.82, 2.24) is 0 Å². The van der Waals surface area contributed by atoms with Crippen LogP contribution in [0.2, 0.25) is 0 Å². The van der Waals surface area contributed by atoms with Crippen LogP contribution in [0.25, 0.3) is 0 Å². The van der Waals surface area contributed by atoms with Gasteiger partial charge in [-0.15, -0.1) is 0 Å². The van der Waals surface area contributed by atoms with Gasteiger partial charge in [0.15, 0.2) is 0 Å². The summed E-state index contributed by atoms with van der Waals surface area (Å²) in [5, 5.41) is 0.